The minimum atomic E-state index is -0.271. The van der Waals surface area contributed by atoms with Gasteiger partial charge in [0.25, 0.3) is 5.91 Å². The summed E-state index contributed by atoms with van der Waals surface area (Å²) >= 11 is 0. The van der Waals surface area contributed by atoms with Crippen LogP contribution in [0.1, 0.15) is 35.6 Å². The average molecular weight is 431 g/mol. The van der Waals surface area contributed by atoms with Gasteiger partial charge in [0.15, 0.2) is 5.65 Å². The van der Waals surface area contributed by atoms with Gasteiger partial charge in [-0.15, -0.1) is 5.10 Å². The van der Waals surface area contributed by atoms with Gasteiger partial charge < -0.3 is 19.9 Å². The standard InChI is InChI=1S/C23H26N8O/c1-13-9-30(10-14(2)25-13)19-6-5-18(21-17(19)7-8-24-29-21)23(32)28-20-12-31-11-15(3)26-22(31)16(4)27-20/h5-8,11-14,25H,9-10H2,1-4H3,(H,28,32). The largest absolute Gasteiger partial charge is 0.368 e. The molecule has 2 atom stereocenters. The minimum Gasteiger partial charge on any atom is -0.368 e. The molecule has 2 unspecified atom stereocenters. The van der Waals surface area contributed by atoms with E-state index >= 15 is 0 Å². The third-order valence-electron chi connectivity index (χ3n) is 5.77. The number of fused-ring (bicyclic) bond motifs is 2. The zero-order valence-corrected chi connectivity index (χ0v) is 18.6. The van der Waals surface area contributed by atoms with Gasteiger partial charge in [-0.25, -0.2) is 9.97 Å². The SMILES string of the molecule is Cc1cn2cc(NC(=O)c3ccc(N4CC(C)NC(C)C4)c4ccnnc34)nc(C)c2n1. The lowest BCUT2D eigenvalue weighted by Gasteiger charge is -2.38. The highest BCUT2D eigenvalue weighted by atomic mass is 16.1. The van der Waals surface area contributed by atoms with Crippen LogP contribution in [0, 0.1) is 13.8 Å². The fourth-order valence-electron chi connectivity index (χ4n) is 4.57. The molecule has 3 aromatic heterocycles. The van der Waals surface area contributed by atoms with Crippen LogP contribution >= 0.6 is 0 Å². The van der Waals surface area contributed by atoms with E-state index in [2.05, 4.69) is 49.5 Å². The van der Waals surface area contributed by atoms with Crippen LogP contribution in [0.5, 0.6) is 0 Å². The number of imidazole rings is 1. The molecule has 1 aromatic carbocycles. The number of amides is 1. The van der Waals surface area contributed by atoms with Gasteiger partial charge in [-0.2, -0.15) is 5.10 Å². The molecule has 164 valence electrons. The third kappa shape index (κ3) is 3.64. The summed E-state index contributed by atoms with van der Waals surface area (Å²) in [4.78, 5) is 24.5. The van der Waals surface area contributed by atoms with E-state index in [4.69, 9.17) is 0 Å². The Kier molecular flexibility index (Phi) is 4.97. The molecule has 9 nitrogen and oxygen atoms in total. The minimum absolute atomic E-state index is 0.271. The average Bonchev–Trinajstić information content (AvgIpc) is 3.13. The summed E-state index contributed by atoms with van der Waals surface area (Å²) in [6.07, 6.45) is 5.35. The van der Waals surface area contributed by atoms with Gasteiger partial charge in [0.2, 0.25) is 0 Å². The number of nitrogens with one attached hydrogen (secondary N) is 2. The Morgan fingerprint density at radius 1 is 1.09 bits per heavy atom. The Labute approximate surface area is 185 Å². The summed E-state index contributed by atoms with van der Waals surface area (Å²) in [6.45, 7) is 9.95. The predicted molar refractivity (Wildman–Crippen MR) is 124 cm³/mol. The van der Waals surface area contributed by atoms with Gasteiger partial charge in [-0.05, 0) is 45.9 Å². The van der Waals surface area contributed by atoms with E-state index < -0.39 is 0 Å². The van der Waals surface area contributed by atoms with Crippen molar-refractivity contribution in [2.45, 2.75) is 39.8 Å². The number of aromatic nitrogens is 5. The zero-order chi connectivity index (χ0) is 22.4. The predicted octanol–water partition coefficient (Wildman–Crippen LogP) is 2.73. The summed E-state index contributed by atoms with van der Waals surface area (Å²) in [7, 11) is 0. The maximum absolute atomic E-state index is 13.2. The van der Waals surface area contributed by atoms with Crippen molar-refractivity contribution < 1.29 is 4.79 Å². The molecule has 1 saturated heterocycles. The second kappa shape index (κ2) is 7.83. The van der Waals surface area contributed by atoms with Crippen molar-refractivity contribution in [3.8, 4) is 0 Å². The molecule has 0 radical (unpaired) electrons. The number of aryl methyl sites for hydroxylation is 2. The van der Waals surface area contributed by atoms with E-state index in [1.165, 1.54) is 0 Å². The molecule has 1 aliphatic heterocycles. The molecule has 0 bridgehead atoms. The van der Waals surface area contributed by atoms with E-state index in [9.17, 15) is 4.79 Å². The van der Waals surface area contributed by atoms with E-state index in [0.29, 0.717) is 29.0 Å². The molecule has 9 heteroatoms. The number of benzene rings is 1. The Bertz CT molecular complexity index is 1320. The lowest BCUT2D eigenvalue weighted by Crippen LogP contribution is -2.54. The Morgan fingerprint density at radius 3 is 2.66 bits per heavy atom. The monoisotopic (exact) mass is 430 g/mol. The second-order valence-electron chi connectivity index (χ2n) is 8.58. The Hall–Kier alpha value is -3.59. The second-order valence-corrected chi connectivity index (χ2v) is 8.58. The number of nitrogens with zero attached hydrogens (tertiary/aromatic N) is 6. The topological polar surface area (TPSA) is 100 Å². The smallest absolute Gasteiger partial charge is 0.259 e. The number of carbonyl (C=O) groups excluding carboxylic acids is 1. The van der Waals surface area contributed by atoms with E-state index in [-0.39, 0.29) is 5.91 Å². The Morgan fingerprint density at radius 2 is 1.88 bits per heavy atom. The molecular formula is C23H26N8O. The summed E-state index contributed by atoms with van der Waals surface area (Å²) in [5, 5.41) is 15.8. The summed E-state index contributed by atoms with van der Waals surface area (Å²) < 4.78 is 1.88. The maximum atomic E-state index is 13.2. The van der Waals surface area contributed by atoms with Gasteiger partial charge >= 0.3 is 0 Å². The van der Waals surface area contributed by atoms with E-state index in [0.717, 1.165) is 41.2 Å². The summed E-state index contributed by atoms with van der Waals surface area (Å²) in [6, 6.07) is 6.51. The first-order chi connectivity index (χ1) is 15.4. The fourth-order valence-corrected chi connectivity index (χ4v) is 4.57. The summed E-state index contributed by atoms with van der Waals surface area (Å²) in [5.41, 5.74) is 4.54. The highest BCUT2D eigenvalue weighted by molar-refractivity contribution is 6.13. The molecule has 0 spiro atoms. The third-order valence-corrected chi connectivity index (χ3v) is 5.77. The van der Waals surface area contributed by atoms with Crippen molar-refractivity contribution in [1.82, 2.24) is 29.9 Å². The molecule has 0 aliphatic carbocycles. The van der Waals surface area contributed by atoms with Crippen LogP contribution in [0.3, 0.4) is 0 Å². The molecule has 1 aliphatic rings. The van der Waals surface area contributed by atoms with Crippen LogP contribution < -0.4 is 15.5 Å². The number of hydrogen-bond acceptors (Lipinski definition) is 7. The van der Waals surface area contributed by atoms with Crippen LogP contribution in [-0.4, -0.2) is 55.6 Å². The van der Waals surface area contributed by atoms with Crippen molar-refractivity contribution in [3.05, 3.63) is 53.7 Å². The van der Waals surface area contributed by atoms with Crippen molar-refractivity contribution in [2.75, 3.05) is 23.3 Å². The molecule has 0 saturated carbocycles. The first kappa shape index (κ1) is 20.3. The number of carbonyl (C=O) groups is 1. The van der Waals surface area contributed by atoms with E-state index in [1.807, 2.05) is 42.6 Å². The number of rotatable bonds is 3. The van der Waals surface area contributed by atoms with Gasteiger partial charge in [-0.3, -0.25) is 4.79 Å². The Balaban J connectivity index is 1.50. The molecule has 5 rings (SSSR count). The number of anilines is 2. The first-order valence-electron chi connectivity index (χ1n) is 10.8. The fraction of sp³-hybridized carbons (Fsp3) is 0.348. The maximum Gasteiger partial charge on any atom is 0.259 e. The number of piperazine rings is 1. The van der Waals surface area contributed by atoms with Gasteiger partial charge in [0.05, 0.1) is 29.3 Å². The van der Waals surface area contributed by atoms with Crippen LogP contribution in [0.4, 0.5) is 11.5 Å². The van der Waals surface area contributed by atoms with Crippen LogP contribution in [-0.2, 0) is 0 Å². The van der Waals surface area contributed by atoms with Gasteiger partial charge in [0, 0.05) is 42.4 Å². The molecule has 1 amide bonds. The molecule has 2 N–H and O–H groups in total. The van der Waals surface area contributed by atoms with Gasteiger partial charge in [0.1, 0.15) is 11.3 Å². The molecule has 1 fully saturated rings. The highest BCUT2D eigenvalue weighted by Gasteiger charge is 2.24. The lowest BCUT2D eigenvalue weighted by molar-refractivity contribution is 0.102. The molecule has 4 aromatic rings. The normalized spacial score (nSPS) is 18.9. The molecule has 4 heterocycles. The lowest BCUT2D eigenvalue weighted by atomic mass is 10.0. The van der Waals surface area contributed by atoms with E-state index in [1.54, 1.807) is 12.4 Å². The van der Waals surface area contributed by atoms with Gasteiger partial charge in [-0.1, -0.05) is 0 Å². The van der Waals surface area contributed by atoms with Crippen molar-refractivity contribution in [3.63, 3.8) is 0 Å². The van der Waals surface area contributed by atoms with Crippen LogP contribution in [0.25, 0.3) is 16.6 Å². The number of hydrogen-bond donors (Lipinski definition) is 2. The van der Waals surface area contributed by atoms with Crippen LogP contribution in [0.2, 0.25) is 0 Å². The van der Waals surface area contributed by atoms with Crippen molar-refractivity contribution in [1.29, 1.82) is 0 Å². The molecular weight excluding hydrogens is 404 g/mol. The highest BCUT2D eigenvalue weighted by Crippen LogP contribution is 2.29. The summed E-state index contributed by atoms with van der Waals surface area (Å²) in [5.74, 6) is 0.190. The van der Waals surface area contributed by atoms with Crippen molar-refractivity contribution >= 4 is 34.0 Å². The molecule has 32 heavy (non-hydrogen) atoms. The first-order valence-corrected chi connectivity index (χ1v) is 10.8. The quantitative estimate of drug-likeness (QED) is 0.515. The van der Waals surface area contributed by atoms with Crippen LogP contribution in [0.15, 0.2) is 36.8 Å². The zero-order valence-electron chi connectivity index (χ0n) is 18.6. The van der Waals surface area contributed by atoms with Crippen molar-refractivity contribution in [2.24, 2.45) is 0 Å².